The summed E-state index contributed by atoms with van der Waals surface area (Å²) < 4.78 is 20.8. The van der Waals surface area contributed by atoms with Gasteiger partial charge in [0.25, 0.3) is 0 Å². The molecule has 28 rings (SSSR count). The Morgan fingerprint density at radius 1 is 0.171 bits per heavy atom. The van der Waals surface area contributed by atoms with E-state index in [4.69, 9.17) is 19.9 Å². The van der Waals surface area contributed by atoms with E-state index >= 15 is 0 Å². The fourth-order valence-electron chi connectivity index (χ4n) is 21.6. The van der Waals surface area contributed by atoms with Crippen LogP contribution in [0.3, 0.4) is 0 Å². The van der Waals surface area contributed by atoms with Crippen molar-refractivity contribution in [2.75, 3.05) is 0 Å². The van der Waals surface area contributed by atoms with E-state index in [9.17, 15) is 4.39 Å². The van der Waals surface area contributed by atoms with Crippen LogP contribution in [0.25, 0.3) is 259 Å². The fourth-order valence-corrected chi connectivity index (χ4v) is 21.6. The minimum atomic E-state index is -0.250. The van der Waals surface area contributed by atoms with Gasteiger partial charge < -0.3 is 4.57 Å². The highest BCUT2D eigenvalue weighted by atomic mass is 19.1. The van der Waals surface area contributed by atoms with Crippen LogP contribution in [0, 0.1) is 5.82 Å². The van der Waals surface area contributed by atoms with E-state index in [1.54, 1.807) is 12.3 Å². The zero-order valence-corrected chi connectivity index (χ0v) is 75.7. The number of para-hydroxylation sites is 2. The third-order valence-corrected chi connectivity index (χ3v) is 27.8. The normalized spacial score (nSPS) is 11.6. The highest BCUT2D eigenvalue weighted by Crippen LogP contribution is 2.50. The summed E-state index contributed by atoms with van der Waals surface area (Å²) in [6.45, 7) is 0. The van der Waals surface area contributed by atoms with Crippen LogP contribution in [0.1, 0.15) is 0 Å². The summed E-state index contributed by atoms with van der Waals surface area (Å²) in [5, 5.41) is 23.8. The Hall–Kier alpha value is -18.8. The third kappa shape index (κ3) is 14.1. The average molecular weight is 1790 g/mol. The molecular formula is C130H82FN9. The minimum Gasteiger partial charge on any atom is -0.308 e. The molecule has 28 aromatic rings. The first-order valence-electron chi connectivity index (χ1n) is 47.2. The molecule has 0 atom stereocenters. The summed E-state index contributed by atoms with van der Waals surface area (Å²) in [4.78, 5) is 28.4. The van der Waals surface area contributed by atoms with Crippen LogP contribution in [0.15, 0.2) is 498 Å². The molecule has 0 unspecified atom stereocenters. The molecular weight excluding hydrogens is 1710 g/mol. The predicted molar refractivity (Wildman–Crippen MR) is 581 cm³/mol. The molecule has 9 heterocycles. The van der Waals surface area contributed by atoms with Crippen molar-refractivity contribution in [1.29, 1.82) is 0 Å². The lowest BCUT2D eigenvalue weighted by Crippen LogP contribution is -1.97. The lowest BCUT2D eigenvalue weighted by molar-refractivity contribution is 0.629. The van der Waals surface area contributed by atoms with E-state index in [0.717, 1.165) is 117 Å². The lowest BCUT2D eigenvalue weighted by Gasteiger charge is -2.18. The maximum atomic E-state index is 14.2. The van der Waals surface area contributed by atoms with Gasteiger partial charge in [0, 0.05) is 115 Å². The van der Waals surface area contributed by atoms with Gasteiger partial charge in [-0.2, -0.15) is 0 Å². The highest BCUT2D eigenvalue weighted by molar-refractivity contribution is 6.25. The van der Waals surface area contributed by atoms with Crippen LogP contribution < -0.4 is 0 Å². The molecule has 0 aliphatic rings. The second kappa shape index (κ2) is 34.6. The molecule has 0 radical (unpaired) electrons. The molecule has 0 spiro atoms. The zero-order chi connectivity index (χ0) is 92.7. The quantitative estimate of drug-likeness (QED) is 0.113. The summed E-state index contributed by atoms with van der Waals surface area (Å²) in [6.07, 6.45) is 15.2. The fraction of sp³-hybridized carbons (Fsp3) is 0. The van der Waals surface area contributed by atoms with Crippen molar-refractivity contribution in [2.24, 2.45) is 0 Å². The van der Waals surface area contributed by atoms with Crippen molar-refractivity contribution >= 4 is 141 Å². The first-order valence-corrected chi connectivity index (χ1v) is 47.2. The van der Waals surface area contributed by atoms with Crippen LogP contribution in [-0.2, 0) is 0 Å². The standard InChI is InChI=1S/C46H28FN3.2C42H27N3/c47-34-18-22-43-41(26-34)36-23-24-48-28-44(36)50(43)35-19-15-30(16-20-35)42-21-17-33(27-49-42)46-39-11-5-3-9-37(39)45(38-10-4-6-12-40(38)46)32-14-13-29-7-1-2-8-31(29)25-32;1-2-11-28(12-3-1)41-33-16-4-6-18-35(33)42(36-19-7-5-17-34(36)41)30-14-10-13-29(25-30)31-21-22-40(44-26-31)45-38-20-9-8-15-32(38)37-27-43-24-23-39(37)45;1-2-11-29(12-3-1)40-33-14-4-6-16-35(33)41(36-17-7-5-15-34(36)40)30-22-25-38(44-27-30)28-20-23-31(24-21-28)45-39-19-9-8-13-32(39)37-18-10-26-43-42(37)45/h1-28H;2*1-27H. The van der Waals surface area contributed by atoms with E-state index < -0.39 is 0 Å². The molecule has 0 aliphatic heterocycles. The van der Waals surface area contributed by atoms with Gasteiger partial charge in [-0.05, 0) is 252 Å². The van der Waals surface area contributed by atoms with E-state index in [2.05, 4.69) is 442 Å². The van der Waals surface area contributed by atoms with Crippen molar-refractivity contribution in [3.8, 4) is 118 Å². The Morgan fingerprint density at radius 2 is 0.550 bits per heavy atom. The lowest BCUT2D eigenvalue weighted by atomic mass is 9.85. The molecule has 10 heteroatoms. The van der Waals surface area contributed by atoms with Crippen LogP contribution in [0.2, 0.25) is 0 Å². The molecule has 0 bridgehead atoms. The maximum absolute atomic E-state index is 14.2. The summed E-state index contributed by atoms with van der Waals surface area (Å²) in [5.41, 5.74) is 29.0. The summed E-state index contributed by atoms with van der Waals surface area (Å²) in [5.74, 6) is 0.640. The van der Waals surface area contributed by atoms with Crippen molar-refractivity contribution in [3.05, 3.63) is 504 Å². The van der Waals surface area contributed by atoms with Gasteiger partial charge in [0.2, 0.25) is 0 Å². The second-order valence-corrected chi connectivity index (χ2v) is 35.6. The second-order valence-electron chi connectivity index (χ2n) is 35.6. The van der Waals surface area contributed by atoms with Gasteiger partial charge in [-0.3, -0.25) is 29.1 Å². The molecule has 654 valence electrons. The van der Waals surface area contributed by atoms with Crippen molar-refractivity contribution < 1.29 is 4.39 Å². The van der Waals surface area contributed by atoms with Crippen LogP contribution >= 0.6 is 0 Å². The SMILES string of the molecule is Fc1ccc2c(c1)c1ccncc1n2-c1ccc(-c2ccc(-c3c4ccccc4c(-c4ccc5ccccc5c4)c4ccccc34)cn2)cc1.c1ccc(-c2c3ccccc3c(-c3ccc(-c4ccc(-n5c6ccccc6c6cccnc65)cc4)nc3)c3ccccc23)cc1.c1ccc(-c2c3ccccc3c(-c3cccc(-c4ccc(-n5c6ccccc6c6cnccc65)nc4)c3)c3ccccc23)cc1. The molecule has 140 heavy (non-hydrogen) atoms. The van der Waals surface area contributed by atoms with Gasteiger partial charge in [0.05, 0.1) is 45.2 Å². The first-order chi connectivity index (χ1) is 69.4. The van der Waals surface area contributed by atoms with Crippen molar-refractivity contribution in [2.45, 2.75) is 0 Å². The molecule has 0 saturated heterocycles. The third-order valence-electron chi connectivity index (χ3n) is 27.8. The Kier molecular flexibility index (Phi) is 20.3. The van der Waals surface area contributed by atoms with Gasteiger partial charge in [-0.15, -0.1) is 0 Å². The molecule has 19 aromatic carbocycles. The molecule has 9 nitrogen and oxygen atoms in total. The summed E-state index contributed by atoms with van der Waals surface area (Å²) in [7, 11) is 0. The van der Waals surface area contributed by atoms with Gasteiger partial charge in [0.1, 0.15) is 17.3 Å². The monoisotopic (exact) mass is 1790 g/mol. The Balaban J connectivity index is 0.000000108. The number of hydrogen-bond acceptors (Lipinski definition) is 6. The highest BCUT2D eigenvalue weighted by Gasteiger charge is 2.25. The van der Waals surface area contributed by atoms with Crippen LogP contribution in [0.4, 0.5) is 4.39 Å². The van der Waals surface area contributed by atoms with E-state index in [1.165, 1.54) is 148 Å². The van der Waals surface area contributed by atoms with Crippen LogP contribution in [0.5, 0.6) is 0 Å². The van der Waals surface area contributed by atoms with Gasteiger partial charge in [-0.25, -0.2) is 14.4 Å². The Bertz CT molecular complexity index is 9450. The zero-order valence-electron chi connectivity index (χ0n) is 75.7. The smallest absolute Gasteiger partial charge is 0.145 e. The number of hydrogen-bond donors (Lipinski definition) is 0. The molecule has 0 N–H and O–H groups in total. The van der Waals surface area contributed by atoms with Gasteiger partial charge in [0.15, 0.2) is 0 Å². The Morgan fingerprint density at radius 3 is 1.06 bits per heavy atom. The van der Waals surface area contributed by atoms with Gasteiger partial charge >= 0.3 is 0 Å². The molecule has 0 fully saturated rings. The number of halogens is 1. The first kappa shape index (κ1) is 82.0. The molecule has 0 aliphatic carbocycles. The molecule has 0 saturated carbocycles. The number of benzene rings is 19. The molecule has 0 amide bonds. The summed E-state index contributed by atoms with van der Waals surface area (Å²) >= 11 is 0. The predicted octanol–water partition coefficient (Wildman–Crippen LogP) is 33.9. The topological polar surface area (TPSA) is 92.1 Å². The van der Waals surface area contributed by atoms with E-state index in [0.29, 0.717) is 0 Å². The summed E-state index contributed by atoms with van der Waals surface area (Å²) in [6, 6.07) is 158. The van der Waals surface area contributed by atoms with E-state index in [-0.39, 0.29) is 5.82 Å². The number of rotatable bonds is 12. The minimum absolute atomic E-state index is 0.250. The average Bonchev–Trinajstić information content (AvgIpc) is 1.40. The maximum Gasteiger partial charge on any atom is 0.145 e. The van der Waals surface area contributed by atoms with Crippen LogP contribution in [-0.4, -0.2) is 43.6 Å². The van der Waals surface area contributed by atoms with E-state index in [1.807, 2.05) is 61.6 Å². The van der Waals surface area contributed by atoms with Gasteiger partial charge in [-0.1, -0.05) is 334 Å². The molecule has 9 aromatic heterocycles. The number of fused-ring (bicyclic) bond motifs is 16. The largest absolute Gasteiger partial charge is 0.308 e. The number of aromatic nitrogens is 9. The van der Waals surface area contributed by atoms with Crippen molar-refractivity contribution in [3.63, 3.8) is 0 Å². The number of pyridine rings is 6. The van der Waals surface area contributed by atoms with Crippen molar-refractivity contribution in [1.82, 2.24) is 43.6 Å². The Labute approximate surface area is 805 Å². The number of nitrogens with zero attached hydrogens (tertiary/aromatic N) is 9.